The van der Waals surface area contributed by atoms with Crippen LogP contribution in [-0.4, -0.2) is 38.9 Å². The van der Waals surface area contributed by atoms with E-state index in [1.807, 2.05) is 0 Å². The van der Waals surface area contributed by atoms with Gasteiger partial charge in [0.05, 0.1) is 26.8 Å². The normalized spacial score (nSPS) is 8.72. The average Bonchev–Trinajstić information content (AvgIpc) is 3.00. The fourth-order valence-corrected chi connectivity index (χ4v) is 3.05. The van der Waals surface area contributed by atoms with Gasteiger partial charge in [0.1, 0.15) is 5.75 Å². The molecule has 0 fully saturated rings. The number of hydrazine groups is 2. The Kier molecular flexibility index (Phi) is 26.4. The van der Waals surface area contributed by atoms with Crippen molar-refractivity contribution in [1.29, 1.82) is 0 Å². The van der Waals surface area contributed by atoms with E-state index in [1.165, 1.54) is 72.8 Å². The number of benzene rings is 4. The third-order valence-electron chi connectivity index (χ3n) is 5.08. The number of non-ortho nitro benzene ring substituents is 2. The van der Waals surface area contributed by atoms with Crippen molar-refractivity contribution in [3.8, 4) is 11.5 Å². The number of phenols is 1. The second-order valence-electron chi connectivity index (χ2n) is 8.07. The minimum atomic E-state index is -0.575. The first-order valence-electron chi connectivity index (χ1n) is 12.3. The molecule has 0 saturated heterocycles. The number of amides is 2. The van der Waals surface area contributed by atoms with E-state index < -0.39 is 21.7 Å². The molecule has 16 nitrogen and oxygen atoms in total. The molecule has 0 unspecified atom stereocenters. The molecule has 0 aromatic heterocycles. The van der Waals surface area contributed by atoms with Gasteiger partial charge in [0, 0.05) is 29.8 Å². The van der Waals surface area contributed by atoms with Crippen molar-refractivity contribution < 1.29 is 129 Å². The first kappa shape index (κ1) is 48.1. The quantitative estimate of drug-likeness (QED) is 0.0663. The molecule has 0 aliphatic heterocycles. The molecule has 47 heavy (non-hydrogen) atoms. The minimum absolute atomic E-state index is 0. The number of nitrogens with one attached hydrogen (secondary N) is 4. The van der Waals surface area contributed by atoms with E-state index in [1.54, 1.807) is 31.2 Å². The van der Waals surface area contributed by atoms with Crippen molar-refractivity contribution in [2.24, 2.45) is 0 Å². The fourth-order valence-electron chi connectivity index (χ4n) is 3.05. The Morgan fingerprint density at radius 3 is 1.36 bits per heavy atom. The Morgan fingerprint density at radius 1 is 0.660 bits per heavy atom. The summed E-state index contributed by atoms with van der Waals surface area (Å²) in [5, 5.41) is 50.8. The topological polar surface area (TPSA) is 265 Å². The molecule has 19 heteroatoms. The van der Waals surface area contributed by atoms with E-state index in [9.17, 15) is 40.0 Å². The largest absolute Gasteiger partial charge is 1.00 e. The molecule has 4 aromatic rings. The Labute approximate surface area is 335 Å². The van der Waals surface area contributed by atoms with Crippen molar-refractivity contribution in [2.75, 3.05) is 17.5 Å². The summed E-state index contributed by atoms with van der Waals surface area (Å²) in [6.07, 6.45) is 0. The van der Waals surface area contributed by atoms with Crippen LogP contribution in [0.25, 0.3) is 0 Å². The zero-order valence-corrected chi connectivity index (χ0v) is 32.0. The molecule has 0 aliphatic rings. The van der Waals surface area contributed by atoms with Crippen LogP contribution in [0.1, 0.15) is 27.6 Å². The number of nitrogens with zero attached hydrogens (tertiary/aromatic N) is 2. The van der Waals surface area contributed by atoms with Crippen molar-refractivity contribution in [3.05, 3.63) is 128 Å². The van der Waals surface area contributed by atoms with Gasteiger partial charge in [0.15, 0.2) is 0 Å². The number of phenolic OH excluding ortho intramolecular Hbond substituents is 1. The number of hydrogen-bond donors (Lipinski definition) is 5. The van der Waals surface area contributed by atoms with Crippen LogP contribution in [0.3, 0.4) is 0 Å². The smallest absolute Gasteiger partial charge is 0.872 e. The summed E-state index contributed by atoms with van der Waals surface area (Å²) in [6.45, 7) is 1.57. The second kappa shape index (κ2) is 25.8. The Morgan fingerprint density at radius 2 is 1.00 bits per heavy atom. The molecule has 0 spiro atoms. The van der Waals surface area contributed by atoms with Gasteiger partial charge >= 0.3 is 88.7 Å². The number of para-hydroxylation sites is 2. The number of aromatic hydroxyl groups is 1. The average molecular weight is 677 g/mol. The van der Waals surface area contributed by atoms with Crippen LogP contribution in [0.2, 0.25) is 0 Å². The first-order valence-corrected chi connectivity index (χ1v) is 12.3. The van der Waals surface area contributed by atoms with Gasteiger partial charge in [-0.25, -0.2) is 0 Å². The zero-order chi connectivity index (χ0) is 31.8. The van der Waals surface area contributed by atoms with Gasteiger partial charge in [-0.05, 0) is 36.4 Å². The maximum Gasteiger partial charge on any atom is 1.00 e. The van der Waals surface area contributed by atoms with Crippen LogP contribution in [-0.2, 0) is 0 Å². The number of nitro groups is 2. The van der Waals surface area contributed by atoms with E-state index in [0.29, 0.717) is 11.4 Å². The van der Waals surface area contributed by atoms with Gasteiger partial charge < -0.3 is 20.8 Å². The maximum absolute atomic E-state index is 11.8. The summed E-state index contributed by atoms with van der Waals surface area (Å²) in [4.78, 5) is 43.4. The molecule has 6 N–H and O–H groups in total. The molecule has 4 rings (SSSR count). The van der Waals surface area contributed by atoms with E-state index in [2.05, 4.69) is 21.7 Å². The molecular weight excluding hydrogens is 649 g/mol. The van der Waals surface area contributed by atoms with E-state index in [-0.39, 0.29) is 135 Å². The van der Waals surface area contributed by atoms with Gasteiger partial charge in [-0.15, -0.1) is 6.61 Å². The summed E-state index contributed by atoms with van der Waals surface area (Å²) in [5.41, 5.74) is 10.9. The molecule has 0 radical (unpaired) electrons. The van der Waals surface area contributed by atoms with Crippen molar-refractivity contribution in [1.82, 2.24) is 10.9 Å². The third kappa shape index (κ3) is 16.9. The summed E-state index contributed by atoms with van der Waals surface area (Å²) < 4.78 is 0. The Bertz CT molecular complexity index is 1430. The fraction of sp³-hybridized carbons (Fsp3) is 0.0714. The van der Waals surface area contributed by atoms with Crippen LogP contribution in [0.5, 0.6) is 11.5 Å². The van der Waals surface area contributed by atoms with Gasteiger partial charge in [0.2, 0.25) is 0 Å². The van der Waals surface area contributed by atoms with Crippen LogP contribution < -0.4 is 121 Å². The number of carbonyl (C=O) groups is 2. The molecule has 0 aliphatic carbocycles. The number of hydrogen-bond acceptors (Lipinski definition) is 12. The van der Waals surface area contributed by atoms with Crippen molar-refractivity contribution in [2.45, 2.75) is 6.92 Å². The second-order valence-corrected chi connectivity index (χ2v) is 8.07. The molecule has 0 heterocycles. The van der Waals surface area contributed by atoms with Crippen LogP contribution in [0.4, 0.5) is 22.7 Å². The van der Waals surface area contributed by atoms with Crippen molar-refractivity contribution >= 4 is 34.6 Å². The third-order valence-corrected chi connectivity index (χ3v) is 5.08. The SMILES string of the molecule is CC[O-].O=C(NNc1ccc([N+](=O)[O-])cc1)c1ccccc1O.O=C(NNc1ccc([N+](=O)[O-])cc1)c1ccccc1[O-].[Na+].[Na+].[Na+].[OH-]. The van der Waals surface area contributed by atoms with Gasteiger partial charge in [-0.1, -0.05) is 49.1 Å². The van der Waals surface area contributed by atoms with E-state index >= 15 is 0 Å². The summed E-state index contributed by atoms with van der Waals surface area (Å²) in [5.74, 6) is -1.60. The molecule has 232 valence electrons. The molecule has 0 bridgehead atoms. The van der Waals surface area contributed by atoms with Crippen LogP contribution in [0.15, 0.2) is 97.1 Å². The molecular formula is C28H27N6Na3O10. The van der Waals surface area contributed by atoms with Crippen molar-refractivity contribution in [3.63, 3.8) is 0 Å². The van der Waals surface area contributed by atoms with Gasteiger partial charge in [-0.2, -0.15) is 0 Å². The van der Waals surface area contributed by atoms with Gasteiger partial charge in [0.25, 0.3) is 23.2 Å². The number of rotatable bonds is 8. The zero-order valence-electron chi connectivity index (χ0n) is 26.0. The number of anilines is 2. The summed E-state index contributed by atoms with van der Waals surface area (Å²) >= 11 is 0. The predicted octanol–water partition coefficient (Wildman–Crippen LogP) is -6.32. The first-order chi connectivity index (χ1) is 20.6. The molecule has 2 amide bonds. The minimum Gasteiger partial charge on any atom is -0.872 e. The molecule has 0 saturated carbocycles. The predicted molar refractivity (Wildman–Crippen MR) is 155 cm³/mol. The number of nitro benzene ring substituents is 2. The number of carbonyl (C=O) groups excluding carboxylic acids is 2. The van der Waals surface area contributed by atoms with Crippen LogP contribution in [0, 0.1) is 20.2 Å². The maximum atomic E-state index is 11.8. The summed E-state index contributed by atoms with van der Waals surface area (Å²) in [6, 6.07) is 23.0. The Balaban J connectivity index is -0.000000704. The Hall–Kier alpha value is -3.26. The summed E-state index contributed by atoms with van der Waals surface area (Å²) in [7, 11) is 0. The van der Waals surface area contributed by atoms with E-state index in [4.69, 9.17) is 5.11 Å². The van der Waals surface area contributed by atoms with Gasteiger partial charge in [-0.3, -0.25) is 51.5 Å². The standard InChI is InChI=1S/2C13H11N3O4.C2H5O.3Na.H2O/c2*17-12-4-2-1-3-11(12)13(18)15-14-9-5-7-10(8-6-9)16(19)20;1-2-3;;;;/h2*1-8,14,17H,(H,15,18);2H2,1H3;;;;1H2/q;;-1;3*+1;/p-2. The monoisotopic (exact) mass is 676 g/mol. The van der Waals surface area contributed by atoms with Crippen LogP contribution >= 0.6 is 0 Å². The molecule has 4 aromatic carbocycles. The van der Waals surface area contributed by atoms with E-state index in [0.717, 1.165) is 0 Å². The molecule has 0 atom stereocenters.